The lowest BCUT2D eigenvalue weighted by atomic mass is 10.0. The van der Waals surface area contributed by atoms with Crippen LogP contribution in [0.4, 0.5) is 0 Å². The van der Waals surface area contributed by atoms with E-state index in [1.54, 1.807) is 0 Å². The summed E-state index contributed by atoms with van der Waals surface area (Å²) in [6.07, 6.45) is 67.7. The Morgan fingerprint density at radius 3 is 0.603 bits per heavy atom. The van der Waals surface area contributed by atoms with Crippen LogP contribution in [0.15, 0.2) is 0 Å². The van der Waals surface area contributed by atoms with E-state index >= 15 is 0 Å². The first-order chi connectivity index (χ1) is 38.4. The molecule has 0 heterocycles. The summed E-state index contributed by atoms with van der Waals surface area (Å²) in [5.41, 5.74) is 0. The van der Waals surface area contributed by atoms with E-state index in [2.05, 4.69) is 72.0 Å². The topological polar surface area (TPSA) is 71.2 Å². The van der Waals surface area contributed by atoms with Gasteiger partial charge in [-0.1, -0.05) is 310 Å². The van der Waals surface area contributed by atoms with Crippen molar-refractivity contribution in [3.8, 4) is 0 Å². The highest BCUT2D eigenvalue weighted by Gasteiger charge is 2.12. The number of unbranched alkanes of at least 4 members (excludes halogenated alkanes) is 44. The Morgan fingerprint density at radius 2 is 0.410 bits per heavy atom. The van der Waals surface area contributed by atoms with E-state index in [9.17, 15) is 9.59 Å². The molecule has 0 aromatic heterocycles. The molecule has 0 radical (unpaired) electrons. The lowest BCUT2D eigenvalue weighted by Gasteiger charge is -2.24. The van der Waals surface area contributed by atoms with Gasteiger partial charge < -0.3 is 30.2 Å². The van der Waals surface area contributed by atoms with Crippen molar-refractivity contribution in [3.63, 3.8) is 0 Å². The number of amides is 2. The van der Waals surface area contributed by atoms with E-state index in [0.29, 0.717) is 12.8 Å². The molecule has 0 atom stereocenters. The first-order valence-corrected chi connectivity index (χ1v) is 35.7. The number of rotatable bonds is 67. The van der Waals surface area contributed by atoms with Crippen LogP contribution in [0.1, 0.15) is 349 Å². The molecule has 2 amide bonds. The minimum atomic E-state index is 0.171. The predicted octanol–water partition coefficient (Wildman–Crippen LogP) is 19.3. The second-order valence-electron chi connectivity index (χ2n) is 25.0. The summed E-state index contributed by atoms with van der Waals surface area (Å²) in [6.45, 7) is 20.6. The Labute approximate surface area is 490 Å². The molecule has 8 heteroatoms. The number of likely N-dealkylation sites (N-methyl/N-ethyl adjacent to an activating group) is 2. The van der Waals surface area contributed by atoms with Crippen LogP contribution in [0.2, 0.25) is 0 Å². The number of hydrogen-bond donors (Lipinski definition) is 2. The summed E-state index contributed by atoms with van der Waals surface area (Å²) in [5, 5.41) is 6.55. The Morgan fingerprint density at radius 1 is 0.231 bits per heavy atom. The lowest BCUT2D eigenvalue weighted by Crippen LogP contribution is -2.38. The van der Waals surface area contributed by atoms with E-state index in [1.165, 1.54) is 334 Å². The maximum atomic E-state index is 13.0. The molecule has 0 saturated heterocycles. The summed E-state index contributed by atoms with van der Waals surface area (Å²) in [6, 6.07) is 0. The van der Waals surface area contributed by atoms with Gasteiger partial charge >= 0.3 is 0 Å². The van der Waals surface area contributed by atoms with Crippen LogP contribution in [-0.4, -0.2) is 124 Å². The van der Waals surface area contributed by atoms with Crippen LogP contribution in [0.25, 0.3) is 0 Å². The first kappa shape index (κ1) is 76.8. The monoisotopic (exact) mass is 1100 g/mol. The van der Waals surface area contributed by atoms with Crippen molar-refractivity contribution in [2.24, 2.45) is 0 Å². The lowest BCUT2D eigenvalue weighted by molar-refractivity contribution is -0.122. The fraction of sp³-hybridized carbons (Fsp3) is 0.971. The molecule has 0 fully saturated rings. The smallest absolute Gasteiger partial charge is 0.221 e. The normalized spacial score (nSPS) is 11.9. The second kappa shape index (κ2) is 64.9. The summed E-state index contributed by atoms with van der Waals surface area (Å²) in [7, 11) is 4.25. The molecule has 0 aliphatic carbocycles. The highest BCUT2D eigenvalue weighted by atomic mass is 16.2. The largest absolute Gasteiger partial charge is 0.355 e. The number of nitrogens with one attached hydrogen (secondary N) is 2. The van der Waals surface area contributed by atoms with E-state index in [1.807, 2.05) is 0 Å². The van der Waals surface area contributed by atoms with E-state index in [-0.39, 0.29) is 11.8 Å². The average molecular weight is 1100 g/mol. The molecular formula is C70H144N6O2. The molecule has 0 rings (SSSR count). The fourth-order valence-corrected chi connectivity index (χ4v) is 11.4. The van der Waals surface area contributed by atoms with E-state index < -0.39 is 0 Å². The van der Waals surface area contributed by atoms with Crippen LogP contribution >= 0.6 is 0 Å². The number of nitrogens with zero attached hydrogens (tertiary/aromatic N) is 4. The number of hydrogen-bond acceptors (Lipinski definition) is 6. The quantitative estimate of drug-likeness (QED) is 0.0592. The minimum Gasteiger partial charge on any atom is -0.355 e. The van der Waals surface area contributed by atoms with Crippen molar-refractivity contribution in [1.82, 2.24) is 30.2 Å². The molecule has 0 aromatic rings. The van der Waals surface area contributed by atoms with E-state index in [4.69, 9.17) is 0 Å². The van der Waals surface area contributed by atoms with Crippen LogP contribution in [-0.2, 0) is 9.59 Å². The maximum absolute atomic E-state index is 13.0. The zero-order valence-corrected chi connectivity index (χ0v) is 54.4. The Bertz CT molecular complexity index is 1030. The molecule has 0 bridgehead atoms. The fourth-order valence-electron chi connectivity index (χ4n) is 11.4. The van der Waals surface area contributed by atoms with Gasteiger partial charge in [-0.05, 0) is 66.0 Å². The van der Waals surface area contributed by atoms with Gasteiger partial charge in [0.15, 0.2) is 0 Å². The Hall–Kier alpha value is -1.22. The van der Waals surface area contributed by atoms with Gasteiger partial charge in [-0.15, -0.1) is 0 Å². The predicted molar refractivity (Wildman–Crippen MR) is 347 cm³/mol. The summed E-state index contributed by atoms with van der Waals surface area (Å²) >= 11 is 0. The highest BCUT2D eigenvalue weighted by Crippen LogP contribution is 2.17. The van der Waals surface area contributed by atoms with Crippen molar-refractivity contribution in [3.05, 3.63) is 0 Å². The van der Waals surface area contributed by atoms with Gasteiger partial charge in [0, 0.05) is 65.2 Å². The van der Waals surface area contributed by atoms with Gasteiger partial charge in [-0.3, -0.25) is 9.59 Å². The summed E-state index contributed by atoms with van der Waals surface area (Å²) in [4.78, 5) is 35.8. The molecule has 0 saturated carbocycles. The zero-order chi connectivity index (χ0) is 56.7. The molecule has 2 N–H and O–H groups in total. The molecule has 0 unspecified atom stereocenters. The molecule has 0 aliphatic heterocycles. The SMILES string of the molecule is CCCCCCCCCCCCCCN(CCCCCCCCCCCCCC)CCNC(=O)CCN(C)CCN(C)CCC(=O)NCCN(CCCCCCCCCCCCCC)CCCCCCCCCCCCCC. The zero-order valence-electron chi connectivity index (χ0n) is 54.4. The molecule has 78 heavy (non-hydrogen) atoms. The molecule has 0 aliphatic rings. The molecule has 466 valence electrons. The van der Waals surface area contributed by atoms with Crippen LogP contribution in [0, 0.1) is 0 Å². The van der Waals surface area contributed by atoms with Gasteiger partial charge in [0.2, 0.25) is 11.8 Å². The maximum Gasteiger partial charge on any atom is 0.221 e. The van der Waals surface area contributed by atoms with Gasteiger partial charge in [0.1, 0.15) is 0 Å². The van der Waals surface area contributed by atoms with Gasteiger partial charge in [0.25, 0.3) is 0 Å². The Balaban J connectivity index is 4.55. The number of carbonyl (C=O) groups is 2. The van der Waals surface area contributed by atoms with Crippen molar-refractivity contribution in [1.29, 1.82) is 0 Å². The molecule has 8 nitrogen and oxygen atoms in total. The third-order valence-corrected chi connectivity index (χ3v) is 17.1. The third-order valence-electron chi connectivity index (χ3n) is 17.1. The van der Waals surface area contributed by atoms with Gasteiger partial charge in [-0.2, -0.15) is 0 Å². The minimum absolute atomic E-state index is 0.171. The van der Waals surface area contributed by atoms with Crippen molar-refractivity contribution in [2.45, 2.75) is 349 Å². The van der Waals surface area contributed by atoms with Crippen LogP contribution < -0.4 is 10.6 Å². The second-order valence-corrected chi connectivity index (χ2v) is 25.0. The van der Waals surface area contributed by atoms with Crippen molar-refractivity contribution < 1.29 is 9.59 Å². The van der Waals surface area contributed by atoms with E-state index in [0.717, 1.165) is 52.4 Å². The van der Waals surface area contributed by atoms with Crippen LogP contribution in [0.3, 0.4) is 0 Å². The van der Waals surface area contributed by atoms with Crippen molar-refractivity contribution in [2.75, 3.05) is 92.6 Å². The highest BCUT2D eigenvalue weighted by molar-refractivity contribution is 5.76. The van der Waals surface area contributed by atoms with Gasteiger partial charge in [0.05, 0.1) is 0 Å². The van der Waals surface area contributed by atoms with Gasteiger partial charge in [-0.25, -0.2) is 0 Å². The van der Waals surface area contributed by atoms with Crippen LogP contribution in [0.5, 0.6) is 0 Å². The van der Waals surface area contributed by atoms with Crippen molar-refractivity contribution >= 4 is 11.8 Å². The average Bonchev–Trinajstić information content (AvgIpc) is 3.44. The first-order valence-electron chi connectivity index (χ1n) is 35.7. The number of carbonyl (C=O) groups excluding carboxylic acids is 2. The molecule has 0 spiro atoms. The Kier molecular flexibility index (Phi) is 63.9. The summed E-state index contributed by atoms with van der Waals surface area (Å²) in [5.74, 6) is 0.341. The molecular weight excluding hydrogens is 957 g/mol. The molecule has 0 aromatic carbocycles. The standard InChI is InChI=1S/C70H144N6O2/c1-7-11-15-19-23-27-31-35-39-43-47-51-59-75(60-52-48-44-40-36-32-28-24-20-16-12-8-2)65-57-71-69(77)55-63-73(5)67-68-74(6)64-56-70(78)72-58-66-76(61-53-49-45-41-37-33-29-25-21-17-13-9-3)62-54-50-46-42-38-34-30-26-22-18-14-10-4/h7-68H2,1-6H3,(H,71,77)(H,72,78). The third kappa shape index (κ3) is 60.9. The summed E-state index contributed by atoms with van der Waals surface area (Å²) < 4.78 is 0.